The van der Waals surface area contributed by atoms with Crippen molar-refractivity contribution in [3.63, 3.8) is 0 Å². The minimum absolute atomic E-state index is 0.0879. The molecule has 2 atom stereocenters. The summed E-state index contributed by atoms with van der Waals surface area (Å²) in [6.07, 6.45) is 3.10. The molecule has 2 unspecified atom stereocenters. The van der Waals surface area contributed by atoms with E-state index >= 15 is 0 Å². The SMILES string of the molecule is Cc1ccc(-c2cc[n+]3c(c2)-c2cc(C(C)(C)C)cc4c2C32Oc3c(cc(C(C)(C)C)cc3C(C)(C)C)C3N(c5ccc(CC(C)C)cc5-c5ccccc5)c5cccc-4c5N32)cc1. The maximum Gasteiger partial charge on any atom is 0.432 e. The Morgan fingerprint density at radius 1 is 0.609 bits per heavy atom. The molecule has 11 rings (SSSR count). The van der Waals surface area contributed by atoms with Crippen LogP contribution in [0.25, 0.3) is 44.6 Å². The maximum atomic E-state index is 8.17. The lowest BCUT2D eigenvalue weighted by molar-refractivity contribution is -0.774. The molecule has 322 valence electrons. The number of anilines is 3. The minimum Gasteiger partial charge on any atom is -0.410 e. The smallest absolute Gasteiger partial charge is 0.410 e. The van der Waals surface area contributed by atoms with Crippen LogP contribution in [0.2, 0.25) is 0 Å². The predicted octanol–water partition coefficient (Wildman–Crippen LogP) is 15.1. The van der Waals surface area contributed by atoms with Gasteiger partial charge in [0.2, 0.25) is 5.69 Å². The van der Waals surface area contributed by atoms with E-state index in [1.807, 2.05) is 0 Å². The zero-order valence-corrected chi connectivity index (χ0v) is 39.8. The third-order valence-electron chi connectivity index (χ3n) is 14.3. The second-order valence-corrected chi connectivity index (χ2v) is 22.5. The van der Waals surface area contributed by atoms with Gasteiger partial charge in [-0.2, -0.15) is 0 Å². The Hall–Kier alpha value is -6.13. The molecule has 0 radical (unpaired) electrons. The van der Waals surface area contributed by atoms with Crippen LogP contribution >= 0.6 is 0 Å². The Morgan fingerprint density at radius 2 is 1.31 bits per heavy atom. The van der Waals surface area contributed by atoms with E-state index in [4.69, 9.17) is 4.74 Å². The van der Waals surface area contributed by atoms with Gasteiger partial charge >= 0.3 is 5.85 Å². The Balaban J connectivity index is 1.29. The second-order valence-electron chi connectivity index (χ2n) is 22.5. The number of aryl methyl sites for hydroxylation is 1. The summed E-state index contributed by atoms with van der Waals surface area (Å²) >= 11 is 0. The van der Waals surface area contributed by atoms with Gasteiger partial charge in [0.05, 0.1) is 22.6 Å². The standard InChI is InChI=1S/C60H62N3O/c1-36(2)29-38-23-26-50(45(30-38)40-17-14-13-15-18-40)62-51-20-16-19-44-46-32-42(57(4,5)6)33-47-52-31-41(39-24-21-37(3)22-25-39)27-28-61(52)60(53(46)47)63(54(44)51)56(62)48-34-43(58(7,8)9)35-49(55(48)64-60)59(10,11)12/h13-28,30-36,56H,29H2,1-12H3/q+1. The van der Waals surface area contributed by atoms with E-state index in [-0.39, 0.29) is 22.4 Å². The molecule has 4 heteroatoms. The number of rotatable bonds is 5. The third-order valence-corrected chi connectivity index (χ3v) is 14.3. The first-order valence-electron chi connectivity index (χ1n) is 23.5. The number of fused-ring (bicyclic) bond motifs is 5. The van der Waals surface area contributed by atoms with E-state index < -0.39 is 5.85 Å². The van der Waals surface area contributed by atoms with Gasteiger partial charge in [0.15, 0.2) is 6.20 Å². The molecule has 0 fully saturated rings. The van der Waals surface area contributed by atoms with Crippen LogP contribution in [0.3, 0.4) is 0 Å². The number of aromatic nitrogens is 1. The van der Waals surface area contributed by atoms with E-state index in [2.05, 4.69) is 231 Å². The summed E-state index contributed by atoms with van der Waals surface area (Å²) in [5.74, 6) is 0.506. The highest BCUT2D eigenvalue weighted by Crippen LogP contribution is 2.68. The van der Waals surface area contributed by atoms with E-state index in [0.29, 0.717) is 5.92 Å². The van der Waals surface area contributed by atoms with Gasteiger partial charge < -0.3 is 9.64 Å². The van der Waals surface area contributed by atoms with E-state index in [1.54, 1.807) is 0 Å². The quantitative estimate of drug-likeness (QED) is 0.161. The molecular formula is C60H62N3O+. The predicted molar refractivity (Wildman–Crippen MR) is 266 cm³/mol. The maximum absolute atomic E-state index is 8.17. The molecule has 0 saturated carbocycles. The molecule has 0 N–H and O–H groups in total. The molecular weight excluding hydrogens is 779 g/mol. The van der Waals surface area contributed by atoms with Crippen molar-refractivity contribution >= 4 is 17.1 Å². The van der Waals surface area contributed by atoms with Crippen molar-refractivity contribution in [2.24, 2.45) is 5.92 Å². The van der Waals surface area contributed by atoms with Gasteiger partial charge in [0.25, 0.3) is 0 Å². The molecule has 0 amide bonds. The Bertz CT molecular complexity index is 3050. The number of nitrogens with zero attached hydrogens (tertiary/aromatic N) is 3. The first kappa shape index (κ1) is 40.6. The lowest BCUT2D eigenvalue weighted by Crippen LogP contribution is -2.71. The number of hydrogen-bond donors (Lipinski definition) is 0. The Morgan fingerprint density at radius 3 is 2.00 bits per heavy atom. The van der Waals surface area contributed by atoms with Crippen LogP contribution in [0.1, 0.15) is 121 Å². The van der Waals surface area contributed by atoms with Gasteiger partial charge in [0, 0.05) is 39.9 Å². The highest BCUT2D eigenvalue weighted by atomic mass is 16.5. The molecule has 6 aromatic carbocycles. The van der Waals surface area contributed by atoms with E-state index in [0.717, 1.165) is 12.2 Å². The van der Waals surface area contributed by atoms with E-state index in [1.165, 1.54) is 101 Å². The molecule has 64 heavy (non-hydrogen) atoms. The average Bonchev–Trinajstić information content (AvgIpc) is 3.74. The third kappa shape index (κ3) is 5.90. The number of hydrogen-bond acceptors (Lipinski definition) is 3. The van der Waals surface area contributed by atoms with Crippen LogP contribution in [-0.2, 0) is 28.5 Å². The van der Waals surface area contributed by atoms with Crippen molar-refractivity contribution in [3.05, 3.63) is 173 Å². The number of benzene rings is 6. The zero-order valence-electron chi connectivity index (χ0n) is 39.8. The summed E-state index contributed by atoms with van der Waals surface area (Å²) in [7, 11) is 0. The van der Waals surface area contributed by atoms with Gasteiger partial charge in [0.1, 0.15) is 17.5 Å². The summed E-state index contributed by atoms with van der Waals surface area (Å²) in [5.41, 5.74) is 21.9. The second kappa shape index (κ2) is 13.7. The van der Waals surface area contributed by atoms with Crippen molar-refractivity contribution < 1.29 is 9.30 Å². The molecule has 0 saturated heterocycles. The van der Waals surface area contributed by atoms with Crippen LogP contribution < -0.4 is 19.1 Å². The van der Waals surface area contributed by atoms with Gasteiger partial charge in [-0.3, -0.25) is 0 Å². The van der Waals surface area contributed by atoms with Crippen LogP contribution in [0.4, 0.5) is 17.1 Å². The summed E-state index contributed by atoms with van der Waals surface area (Å²) in [5, 5.41) is 0. The van der Waals surface area contributed by atoms with Crippen molar-refractivity contribution in [1.82, 2.24) is 0 Å². The molecule has 0 bridgehead atoms. The summed E-state index contributed by atoms with van der Waals surface area (Å²) in [6.45, 7) is 27.9. The Labute approximate surface area is 381 Å². The summed E-state index contributed by atoms with van der Waals surface area (Å²) < 4.78 is 10.7. The normalized spacial score (nSPS) is 17.9. The van der Waals surface area contributed by atoms with Crippen molar-refractivity contribution in [3.8, 4) is 50.4 Å². The van der Waals surface area contributed by atoms with Crippen LogP contribution in [0.15, 0.2) is 134 Å². The van der Waals surface area contributed by atoms with Gasteiger partial charge in [-0.05, 0) is 105 Å². The van der Waals surface area contributed by atoms with Crippen LogP contribution in [0.5, 0.6) is 5.75 Å². The van der Waals surface area contributed by atoms with Crippen molar-refractivity contribution in [2.75, 3.05) is 9.80 Å². The average molecular weight is 841 g/mol. The highest BCUT2D eigenvalue weighted by molar-refractivity contribution is 6.03. The van der Waals surface area contributed by atoms with Crippen LogP contribution in [0, 0.1) is 12.8 Å². The highest BCUT2D eigenvalue weighted by Gasteiger charge is 2.70. The molecule has 0 aliphatic carbocycles. The van der Waals surface area contributed by atoms with Gasteiger partial charge in [-0.25, -0.2) is 4.90 Å². The summed E-state index contributed by atoms with van der Waals surface area (Å²) in [4.78, 5) is 5.36. The molecule has 4 aliphatic rings. The number of ether oxygens (including phenoxy) is 1. The van der Waals surface area contributed by atoms with Crippen LogP contribution in [-0.4, -0.2) is 0 Å². The fraction of sp³-hybridized carbons (Fsp3) is 0.317. The lowest BCUT2D eigenvalue weighted by atomic mass is 9.77. The molecule has 4 aliphatic heterocycles. The van der Waals surface area contributed by atoms with Crippen molar-refractivity contribution in [1.29, 1.82) is 0 Å². The molecule has 7 aromatic rings. The number of pyridine rings is 1. The number of para-hydroxylation sites is 1. The van der Waals surface area contributed by atoms with Crippen molar-refractivity contribution in [2.45, 2.75) is 118 Å². The monoisotopic (exact) mass is 840 g/mol. The minimum atomic E-state index is -1.02. The lowest BCUT2D eigenvalue weighted by Gasteiger charge is -2.49. The van der Waals surface area contributed by atoms with Gasteiger partial charge in [-0.1, -0.05) is 161 Å². The molecule has 1 aromatic heterocycles. The molecule has 1 spiro atoms. The molecule has 5 heterocycles. The summed E-state index contributed by atoms with van der Waals surface area (Å²) in [6, 6.07) is 48.9. The fourth-order valence-corrected chi connectivity index (χ4v) is 11.0. The molecule has 4 nitrogen and oxygen atoms in total. The fourth-order valence-electron chi connectivity index (χ4n) is 11.0. The zero-order chi connectivity index (χ0) is 44.8. The first-order valence-corrected chi connectivity index (χ1v) is 23.5. The first-order chi connectivity index (χ1) is 30.3. The Kier molecular flexibility index (Phi) is 8.69. The topological polar surface area (TPSA) is 19.6 Å². The largest absolute Gasteiger partial charge is 0.432 e. The van der Waals surface area contributed by atoms with Gasteiger partial charge in [-0.15, -0.1) is 4.57 Å². The van der Waals surface area contributed by atoms with E-state index in [9.17, 15) is 0 Å².